The molecule has 116 valence electrons. The highest BCUT2D eigenvalue weighted by Gasteiger charge is 2.26. The summed E-state index contributed by atoms with van der Waals surface area (Å²) in [6, 6.07) is 9.41. The molecule has 0 fully saturated rings. The van der Waals surface area contributed by atoms with Crippen molar-refractivity contribution in [2.45, 2.75) is 38.5 Å². The number of amides is 1. The Balaban J connectivity index is 1.93. The number of carbonyl (C=O) groups is 1. The molecule has 0 spiro atoms. The average molecular weight is 299 g/mol. The van der Waals surface area contributed by atoms with Crippen molar-refractivity contribution in [3.05, 3.63) is 48.0 Å². The van der Waals surface area contributed by atoms with E-state index >= 15 is 0 Å². The van der Waals surface area contributed by atoms with Gasteiger partial charge in [0.05, 0.1) is 6.04 Å². The lowest BCUT2D eigenvalue weighted by Gasteiger charge is -2.32. The maximum atomic E-state index is 12.3. The van der Waals surface area contributed by atoms with E-state index < -0.39 is 6.10 Å². The first-order valence-corrected chi connectivity index (χ1v) is 7.45. The summed E-state index contributed by atoms with van der Waals surface area (Å²) in [6.07, 6.45) is 4.08. The number of aliphatic hydroxyl groups excluding tert-OH is 1. The van der Waals surface area contributed by atoms with E-state index in [2.05, 4.69) is 11.8 Å². The maximum absolute atomic E-state index is 12.3. The summed E-state index contributed by atoms with van der Waals surface area (Å²) < 4.78 is 5.37. The molecule has 4 nitrogen and oxygen atoms in total. The molecule has 1 N–H and O–H groups in total. The molecule has 1 aliphatic heterocycles. The van der Waals surface area contributed by atoms with Crippen molar-refractivity contribution in [1.82, 2.24) is 4.90 Å². The summed E-state index contributed by atoms with van der Waals surface area (Å²) in [5.41, 5.74) is 0.955. The summed E-state index contributed by atoms with van der Waals surface area (Å²) in [6.45, 7) is 2.54. The first-order chi connectivity index (χ1) is 10.7. The number of benzene rings is 1. The number of nitrogens with zero attached hydrogens (tertiary/aromatic N) is 1. The molecule has 0 unspecified atom stereocenters. The standard InChI is InChI=1S/C18H21NO3/c1-2-8-17(20)13-16-11-6-7-12-19(16)18(21)22-14-15-9-4-3-5-10-15/h3-6,9-11,16-17,20H,7,12-14H2,1H3/t16-,17-/m0/s1. The first kappa shape index (κ1) is 16.1. The molecule has 0 saturated heterocycles. The molecule has 2 rings (SSSR count). The highest BCUT2D eigenvalue weighted by molar-refractivity contribution is 5.68. The van der Waals surface area contributed by atoms with E-state index in [-0.39, 0.29) is 18.7 Å². The summed E-state index contributed by atoms with van der Waals surface area (Å²) >= 11 is 0. The molecule has 22 heavy (non-hydrogen) atoms. The fourth-order valence-electron chi connectivity index (χ4n) is 2.43. The number of aliphatic hydroxyl groups is 1. The van der Waals surface area contributed by atoms with Gasteiger partial charge >= 0.3 is 6.09 Å². The Kier molecular flexibility index (Phi) is 6.05. The third kappa shape index (κ3) is 4.64. The SMILES string of the molecule is CC#C[C@H](O)C[C@@H]1C=CCCN1C(=O)OCc1ccccc1. The summed E-state index contributed by atoms with van der Waals surface area (Å²) in [4.78, 5) is 13.9. The molecule has 1 aromatic carbocycles. The van der Waals surface area contributed by atoms with Crippen LogP contribution in [-0.4, -0.2) is 34.8 Å². The van der Waals surface area contributed by atoms with Gasteiger partial charge in [0.2, 0.25) is 0 Å². The lowest BCUT2D eigenvalue weighted by Crippen LogP contribution is -2.43. The van der Waals surface area contributed by atoms with E-state index in [1.807, 2.05) is 42.5 Å². The summed E-state index contributed by atoms with van der Waals surface area (Å²) in [7, 11) is 0. The van der Waals surface area contributed by atoms with Gasteiger partial charge in [-0.3, -0.25) is 0 Å². The van der Waals surface area contributed by atoms with Gasteiger partial charge < -0.3 is 14.7 Å². The van der Waals surface area contributed by atoms with Crippen LogP contribution in [0.5, 0.6) is 0 Å². The van der Waals surface area contributed by atoms with Crippen molar-refractivity contribution in [2.24, 2.45) is 0 Å². The van der Waals surface area contributed by atoms with Gasteiger partial charge in [0.1, 0.15) is 12.7 Å². The predicted octanol–water partition coefficient (Wildman–Crippen LogP) is 2.73. The van der Waals surface area contributed by atoms with Crippen LogP contribution in [0.15, 0.2) is 42.5 Å². The van der Waals surface area contributed by atoms with E-state index in [1.54, 1.807) is 11.8 Å². The molecule has 0 aliphatic carbocycles. The highest BCUT2D eigenvalue weighted by atomic mass is 16.6. The van der Waals surface area contributed by atoms with Crippen LogP contribution < -0.4 is 0 Å². The fraction of sp³-hybridized carbons (Fsp3) is 0.389. The molecule has 0 bridgehead atoms. The average Bonchev–Trinajstić information content (AvgIpc) is 2.54. The second kappa shape index (κ2) is 8.26. The Morgan fingerprint density at radius 1 is 1.45 bits per heavy atom. The Hall–Kier alpha value is -2.25. The van der Waals surface area contributed by atoms with Gasteiger partial charge in [-0.25, -0.2) is 4.79 Å². The van der Waals surface area contributed by atoms with Gasteiger partial charge in [-0.05, 0) is 18.9 Å². The molecule has 0 saturated carbocycles. The quantitative estimate of drug-likeness (QED) is 0.687. The molecule has 1 aromatic rings. The molecule has 0 radical (unpaired) electrons. The van der Waals surface area contributed by atoms with Crippen molar-refractivity contribution >= 4 is 6.09 Å². The minimum atomic E-state index is -0.734. The lowest BCUT2D eigenvalue weighted by molar-refractivity contribution is 0.0774. The number of carbonyl (C=O) groups excluding carboxylic acids is 1. The van der Waals surface area contributed by atoms with E-state index in [9.17, 15) is 9.90 Å². The normalized spacial score (nSPS) is 18.3. The van der Waals surface area contributed by atoms with Crippen LogP contribution in [0.3, 0.4) is 0 Å². The van der Waals surface area contributed by atoms with Crippen LogP contribution in [0.2, 0.25) is 0 Å². The monoisotopic (exact) mass is 299 g/mol. The van der Waals surface area contributed by atoms with Gasteiger partial charge in [-0.1, -0.05) is 48.4 Å². The second-order valence-electron chi connectivity index (χ2n) is 5.16. The number of rotatable bonds is 4. The molecular formula is C18H21NO3. The number of hydrogen-bond acceptors (Lipinski definition) is 3. The molecular weight excluding hydrogens is 278 g/mol. The molecule has 1 heterocycles. The minimum absolute atomic E-state index is 0.173. The van der Waals surface area contributed by atoms with Gasteiger partial charge in [0, 0.05) is 13.0 Å². The molecule has 0 aromatic heterocycles. The molecule has 2 atom stereocenters. The van der Waals surface area contributed by atoms with E-state index in [4.69, 9.17) is 4.74 Å². The van der Waals surface area contributed by atoms with E-state index in [0.717, 1.165) is 12.0 Å². The third-order valence-corrected chi connectivity index (χ3v) is 3.51. The zero-order valence-corrected chi connectivity index (χ0v) is 12.7. The third-order valence-electron chi connectivity index (χ3n) is 3.51. The summed E-state index contributed by atoms with van der Waals surface area (Å²) in [5.74, 6) is 5.39. The van der Waals surface area contributed by atoms with Crippen LogP contribution in [-0.2, 0) is 11.3 Å². The Bertz CT molecular complexity index is 571. The fourth-order valence-corrected chi connectivity index (χ4v) is 2.43. The van der Waals surface area contributed by atoms with E-state index in [0.29, 0.717) is 13.0 Å². The zero-order valence-electron chi connectivity index (χ0n) is 12.7. The molecule has 1 aliphatic rings. The van der Waals surface area contributed by atoms with E-state index in [1.165, 1.54) is 0 Å². The van der Waals surface area contributed by atoms with Crippen molar-refractivity contribution in [1.29, 1.82) is 0 Å². The Labute approximate surface area is 131 Å². The van der Waals surface area contributed by atoms with Crippen molar-refractivity contribution in [3.8, 4) is 11.8 Å². The molecule has 1 amide bonds. The Morgan fingerprint density at radius 2 is 2.23 bits per heavy atom. The largest absolute Gasteiger partial charge is 0.445 e. The van der Waals surface area contributed by atoms with Gasteiger partial charge in [-0.15, -0.1) is 5.92 Å². The van der Waals surface area contributed by atoms with Gasteiger partial charge in [-0.2, -0.15) is 0 Å². The Morgan fingerprint density at radius 3 is 2.95 bits per heavy atom. The second-order valence-corrected chi connectivity index (χ2v) is 5.16. The summed E-state index contributed by atoms with van der Waals surface area (Å²) in [5, 5.41) is 9.82. The van der Waals surface area contributed by atoms with Crippen molar-refractivity contribution in [3.63, 3.8) is 0 Å². The maximum Gasteiger partial charge on any atom is 0.410 e. The van der Waals surface area contributed by atoms with Gasteiger partial charge in [0.15, 0.2) is 0 Å². The topological polar surface area (TPSA) is 49.8 Å². The minimum Gasteiger partial charge on any atom is -0.445 e. The lowest BCUT2D eigenvalue weighted by atomic mass is 10.0. The van der Waals surface area contributed by atoms with Crippen molar-refractivity contribution in [2.75, 3.05) is 6.54 Å². The predicted molar refractivity (Wildman–Crippen MR) is 85.0 cm³/mol. The van der Waals surface area contributed by atoms with Crippen LogP contribution in [0.1, 0.15) is 25.3 Å². The zero-order chi connectivity index (χ0) is 15.8. The van der Waals surface area contributed by atoms with Crippen LogP contribution in [0.25, 0.3) is 0 Å². The smallest absolute Gasteiger partial charge is 0.410 e. The van der Waals surface area contributed by atoms with Gasteiger partial charge in [0.25, 0.3) is 0 Å². The number of hydrogen-bond donors (Lipinski definition) is 1. The number of ether oxygens (including phenoxy) is 1. The van der Waals surface area contributed by atoms with Crippen molar-refractivity contribution < 1.29 is 14.6 Å². The van der Waals surface area contributed by atoms with Crippen LogP contribution in [0.4, 0.5) is 4.79 Å². The van der Waals surface area contributed by atoms with Crippen LogP contribution >= 0.6 is 0 Å². The highest BCUT2D eigenvalue weighted by Crippen LogP contribution is 2.17. The first-order valence-electron chi connectivity index (χ1n) is 7.45. The van der Waals surface area contributed by atoms with Crippen LogP contribution in [0, 0.1) is 11.8 Å². The molecule has 4 heteroatoms.